The Morgan fingerprint density at radius 1 is 1.16 bits per heavy atom. The SMILES string of the molecule is CCCCc1c(Cc2ccc(-c3ccccc3C#N)cc2F)c(=O)n([C@H]2CC[C@H](O)CC2)c2ncnn12. The first kappa shape index (κ1) is 24.8. The normalized spacial score (nSPS) is 17.7. The molecule has 1 fully saturated rings. The highest BCUT2D eigenvalue weighted by Crippen LogP contribution is 2.30. The van der Waals surface area contributed by atoms with E-state index in [4.69, 9.17) is 0 Å². The molecule has 0 spiro atoms. The second-order valence-electron chi connectivity index (χ2n) is 9.78. The van der Waals surface area contributed by atoms with Crippen LogP contribution in [-0.4, -0.2) is 30.4 Å². The molecule has 0 radical (unpaired) electrons. The Bertz CT molecular complexity index is 1530. The highest BCUT2D eigenvalue weighted by atomic mass is 19.1. The molecule has 190 valence electrons. The summed E-state index contributed by atoms with van der Waals surface area (Å²) in [5, 5.41) is 23.9. The first-order valence-corrected chi connectivity index (χ1v) is 12.9. The molecular weight excluding hydrogens is 469 g/mol. The molecule has 1 N–H and O–H groups in total. The number of fused-ring (bicyclic) bond motifs is 1. The summed E-state index contributed by atoms with van der Waals surface area (Å²) in [5.41, 5.74) is 3.32. The fourth-order valence-electron chi connectivity index (χ4n) is 5.38. The van der Waals surface area contributed by atoms with E-state index < -0.39 is 5.82 Å². The Hall–Kier alpha value is -3.83. The zero-order valence-corrected chi connectivity index (χ0v) is 20.9. The summed E-state index contributed by atoms with van der Waals surface area (Å²) in [4.78, 5) is 18.4. The maximum atomic E-state index is 15.5. The van der Waals surface area contributed by atoms with Crippen molar-refractivity contribution in [3.05, 3.63) is 87.3 Å². The van der Waals surface area contributed by atoms with Crippen molar-refractivity contribution >= 4 is 5.78 Å². The number of aromatic nitrogens is 4. The highest BCUT2D eigenvalue weighted by Gasteiger charge is 2.27. The van der Waals surface area contributed by atoms with Crippen LogP contribution in [0.1, 0.15) is 73.9 Å². The van der Waals surface area contributed by atoms with Crippen LogP contribution in [0.4, 0.5) is 4.39 Å². The first-order valence-electron chi connectivity index (χ1n) is 12.9. The predicted octanol–water partition coefficient (Wildman–Crippen LogP) is 4.98. The first-order chi connectivity index (χ1) is 18.0. The molecule has 0 unspecified atom stereocenters. The van der Waals surface area contributed by atoms with Gasteiger partial charge in [-0.15, -0.1) is 0 Å². The van der Waals surface area contributed by atoms with E-state index in [9.17, 15) is 15.2 Å². The molecular formula is C29H30FN5O2. The lowest BCUT2D eigenvalue weighted by Crippen LogP contribution is -2.34. The molecule has 0 saturated heterocycles. The van der Waals surface area contributed by atoms with Gasteiger partial charge in [0.15, 0.2) is 0 Å². The number of hydrogen-bond acceptors (Lipinski definition) is 5. The molecule has 7 nitrogen and oxygen atoms in total. The van der Waals surface area contributed by atoms with Gasteiger partial charge in [-0.25, -0.2) is 8.91 Å². The van der Waals surface area contributed by atoms with Crippen LogP contribution in [0.15, 0.2) is 53.6 Å². The number of aliphatic hydroxyl groups excluding tert-OH is 1. The highest BCUT2D eigenvalue weighted by molar-refractivity contribution is 5.70. The number of aliphatic hydroxyl groups is 1. The predicted molar refractivity (Wildman–Crippen MR) is 139 cm³/mol. The quantitative estimate of drug-likeness (QED) is 0.387. The standard InChI is InChI=1S/C29H30FN5O2/c1-2-3-8-27-25(15-20-10-9-19(16-26(20)30)24-7-5-4-6-21(24)17-31)28(37)34(29-32-18-33-35(27)29)22-11-13-23(36)14-12-22/h4-7,9-10,16,18,22-23,36H,2-3,8,11-15H2,1H3/t22-,23-. The maximum Gasteiger partial charge on any atom is 0.259 e. The van der Waals surface area contributed by atoms with Crippen LogP contribution in [0.5, 0.6) is 0 Å². The summed E-state index contributed by atoms with van der Waals surface area (Å²) < 4.78 is 18.9. The number of nitriles is 1. The van der Waals surface area contributed by atoms with Gasteiger partial charge in [0.05, 0.1) is 23.4 Å². The van der Waals surface area contributed by atoms with Crippen molar-refractivity contribution in [1.29, 1.82) is 5.26 Å². The Morgan fingerprint density at radius 2 is 1.95 bits per heavy atom. The van der Waals surface area contributed by atoms with Gasteiger partial charge < -0.3 is 5.11 Å². The number of aryl methyl sites for hydroxylation is 1. The van der Waals surface area contributed by atoms with Gasteiger partial charge in [-0.3, -0.25) is 9.36 Å². The monoisotopic (exact) mass is 499 g/mol. The van der Waals surface area contributed by atoms with E-state index in [2.05, 4.69) is 23.1 Å². The molecule has 0 bridgehead atoms. The van der Waals surface area contributed by atoms with Gasteiger partial charge in [-0.1, -0.05) is 43.7 Å². The summed E-state index contributed by atoms with van der Waals surface area (Å²) in [7, 11) is 0. The van der Waals surface area contributed by atoms with Crippen LogP contribution in [-0.2, 0) is 12.8 Å². The summed E-state index contributed by atoms with van der Waals surface area (Å²) in [6.07, 6.45) is 6.32. The van der Waals surface area contributed by atoms with E-state index in [0.29, 0.717) is 65.7 Å². The molecule has 8 heteroatoms. The molecule has 1 aliphatic rings. The van der Waals surface area contributed by atoms with Crippen molar-refractivity contribution in [3.63, 3.8) is 0 Å². The van der Waals surface area contributed by atoms with E-state index in [0.717, 1.165) is 18.5 Å². The fraction of sp³-hybridized carbons (Fsp3) is 0.379. The van der Waals surface area contributed by atoms with Crippen molar-refractivity contribution in [1.82, 2.24) is 19.2 Å². The van der Waals surface area contributed by atoms with Crippen LogP contribution in [0, 0.1) is 17.1 Å². The van der Waals surface area contributed by atoms with E-state index in [1.54, 1.807) is 39.4 Å². The van der Waals surface area contributed by atoms with E-state index in [1.165, 1.54) is 12.4 Å². The smallest absolute Gasteiger partial charge is 0.259 e. The maximum absolute atomic E-state index is 15.5. The summed E-state index contributed by atoms with van der Waals surface area (Å²) in [6.45, 7) is 2.09. The topological polar surface area (TPSA) is 96.2 Å². The molecule has 1 saturated carbocycles. The third-order valence-electron chi connectivity index (χ3n) is 7.40. The van der Waals surface area contributed by atoms with Gasteiger partial charge in [0.25, 0.3) is 5.56 Å². The molecule has 1 aliphatic carbocycles. The summed E-state index contributed by atoms with van der Waals surface area (Å²) in [5.74, 6) is 0.0854. The van der Waals surface area contributed by atoms with Crippen molar-refractivity contribution in [3.8, 4) is 17.2 Å². The Balaban J connectivity index is 1.60. The number of rotatable bonds is 7. The van der Waals surface area contributed by atoms with Crippen LogP contribution in [0.3, 0.4) is 0 Å². The van der Waals surface area contributed by atoms with Crippen molar-refractivity contribution < 1.29 is 9.50 Å². The third-order valence-corrected chi connectivity index (χ3v) is 7.40. The zero-order valence-electron chi connectivity index (χ0n) is 20.9. The van der Waals surface area contributed by atoms with Crippen LogP contribution >= 0.6 is 0 Å². The Kier molecular flexibility index (Phi) is 7.15. The van der Waals surface area contributed by atoms with Gasteiger partial charge >= 0.3 is 0 Å². The van der Waals surface area contributed by atoms with Crippen molar-refractivity contribution in [2.75, 3.05) is 0 Å². The largest absolute Gasteiger partial charge is 0.393 e. The van der Waals surface area contributed by atoms with E-state index in [1.807, 2.05) is 6.07 Å². The third kappa shape index (κ3) is 4.79. The van der Waals surface area contributed by atoms with Gasteiger partial charge in [0.1, 0.15) is 12.1 Å². The van der Waals surface area contributed by atoms with Crippen LogP contribution in [0.25, 0.3) is 16.9 Å². The lowest BCUT2D eigenvalue weighted by atomic mass is 9.92. The Morgan fingerprint density at radius 3 is 2.68 bits per heavy atom. The molecule has 2 aromatic heterocycles. The second-order valence-corrected chi connectivity index (χ2v) is 9.78. The van der Waals surface area contributed by atoms with Gasteiger partial charge in [-0.2, -0.15) is 15.3 Å². The van der Waals surface area contributed by atoms with Gasteiger partial charge in [0, 0.05) is 18.0 Å². The molecule has 5 rings (SSSR count). The minimum atomic E-state index is -0.419. The molecule has 37 heavy (non-hydrogen) atoms. The zero-order chi connectivity index (χ0) is 25.9. The van der Waals surface area contributed by atoms with E-state index >= 15 is 4.39 Å². The minimum Gasteiger partial charge on any atom is -0.393 e. The number of benzene rings is 2. The van der Waals surface area contributed by atoms with Crippen molar-refractivity contribution in [2.24, 2.45) is 0 Å². The second kappa shape index (κ2) is 10.7. The van der Waals surface area contributed by atoms with Crippen LogP contribution < -0.4 is 5.56 Å². The van der Waals surface area contributed by atoms with Crippen LogP contribution in [0.2, 0.25) is 0 Å². The molecule has 4 aromatic rings. The van der Waals surface area contributed by atoms with Gasteiger partial charge in [0.2, 0.25) is 5.78 Å². The summed E-state index contributed by atoms with van der Waals surface area (Å²) >= 11 is 0. The van der Waals surface area contributed by atoms with Gasteiger partial charge in [-0.05, 0) is 67.3 Å². The molecule has 2 heterocycles. The molecule has 0 aliphatic heterocycles. The lowest BCUT2D eigenvalue weighted by Gasteiger charge is -2.28. The fourth-order valence-corrected chi connectivity index (χ4v) is 5.38. The van der Waals surface area contributed by atoms with Crippen molar-refractivity contribution in [2.45, 2.75) is 70.4 Å². The number of unbranched alkanes of at least 4 members (excludes halogenated alkanes) is 1. The average Bonchev–Trinajstić information content (AvgIpc) is 3.39. The molecule has 0 atom stereocenters. The minimum absolute atomic E-state index is 0.0868. The summed E-state index contributed by atoms with van der Waals surface area (Å²) in [6, 6.07) is 14.1. The van der Waals surface area contributed by atoms with E-state index in [-0.39, 0.29) is 24.1 Å². The lowest BCUT2D eigenvalue weighted by molar-refractivity contribution is 0.110. The average molecular weight is 500 g/mol. The number of halogens is 1. The molecule has 2 aromatic carbocycles. The Labute approximate surface area is 214 Å². The molecule has 0 amide bonds. The number of nitrogens with zero attached hydrogens (tertiary/aromatic N) is 5. The number of hydrogen-bond donors (Lipinski definition) is 1.